The number of ether oxygens (including phenoxy) is 2. The van der Waals surface area contributed by atoms with Crippen molar-refractivity contribution in [2.45, 2.75) is 25.5 Å². The van der Waals surface area contributed by atoms with Gasteiger partial charge in [-0.1, -0.05) is 18.2 Å². The summed E-state index contributed by atoms with van der Waals surface area (Å²) in [6.45, 7) is -0.0102. The Morgan fingerprint density at radius 3 is 2.83 bits per heavy atom. The van der Waals surface area contributed by atoms with Crippen LogP contribution in [0.4, 0.5) is 4.79 Å². The van der Waals surface area contributed by atoms with Gasteiger partial charge < -0.3 is 14.6 Å². The van der Waals surface area contributed by atoms with Gasteiger partial charge in [0.05, 0.1) is 0 Å². The molecular weight excluding hydrogens is 234 g/mol. The minimum absolute atomic E-state index is 0.319. The number of nitrogens with zero attached hydrogens (tertiary/aromatic N) is 1. The number of aliphatic hydroxyl groups is 1. The van der Waals surface area contributed by atoms with E-state index in [9.17, 15) is 4.79 Å². The van der Waals surface area contributed by atoms with E-state index in [-0.39, 0.29) is 6.23 Å². The van der Waals surface area contributed by atoms with Gasteiger partial charge in [0, 0.05) is 13.0 Å². The number of benzene rings is 1. The van der Waals surface area contributed by atoms with Crippen LogP contribution in [0.25, 0.3) is 0 Å². The molecular formula is C13H17NO4. The summed E-state index contributed by atoms with van der Waals surface area (Å²) >= 11 is 0. The Morgan fingerprint density at radius 2 is 2.11 bits per heavy atom. The molecule has 1 N–H and O–H groups in total. The molecule has 1 aliphatic rings. The Bertz CT molecular complexity index is 382. The molecule has 1 saturated heterocycles. The van der Waals surface area contributed by atoms with Crippen molar-refractivity contribution >= 4 is 6.09 Å². The molecule has 5 nitrogen and oxygen atoms in total. The van der Waals surface area contributed by atoms with Crippen LogP contribution in [0.1, 0.15) is 19.3 Å². The first kappa shape index (κ1) is 12.7. The van der Waals surface area contributed by atoms with Crippen molar-refractivity contribution in [3.8, 4) is 5.75 Å². The fourth-order valence-electron chi connectivity index (χ4n) is 2.03. The van der Waals surface area contributed by atoms with Crippen LogP contribution in [0, 0.1) is 0 Å². The van der Waals surface area contributed by atoms with Crippen LogP contribution in [0.5, 0.6) is 5.75 Å². The molecule has 1 aliphatic heterocycles. The lowest BCUT2D eigenvalue weighted by Gasteiger charge is -2.34. The molecule has 98 valence electrons. The Kier molecular flexibility index (Phi) is 4.41. The first-order valence-corrected chi connectivity index (χ1v) is 6.07. The number of para-hydroxylation sites is 1. The predicted molar refractivity (Wildman–Crippen MR) is 65.0 cm³/mol. The SMILES string of the molecule is O=C(OCO)N1CCCCC1Oc1ccccc1. The molecule has 1 atom stereocenters. The van der Waals surface area contributed by atoms with Crippen LogP contribution in [0.15, 0.2) is 30.3 Å². The maximum atomic E-state index is 11.7. The highest BCUT2D eigenvalue weighted by Crippen LogP contribution is 2.21. The van der Waals surface area contributed by atoms with Crippen LogP contribution in [0.2, 0.25) is 0 Å². The first-order chi connectivity index (χ1) is 8.81. The van der Waals surface area contributed by atoms with E-state index in [0.29, 0.717) is 6.54 Å². The maximum Gasteiger partial charge on any atom is 0.414 e. The van der Waals surface area contributed by atoms with E-state index in [1.807, 2.05) is 30.3 Å². The number of hydrogen-bond acceptors (Lipinski definition) is 4. The van der Waals surface area contributed by atoms with Crippen molar-refractivity contribution in [1.82, 2.24) is 4.90 Å². The molecule has 0 radical (unpaired) electrons. The molecule has 0 bridgehead atoms. The summed E-state index contributed by atoms with van der Waals surface area (Å²) in [6.07, 6.45) is 1.86. The van der Waals surface area contributed by atoms with Gasteiger partial charge >= 0.3 is 6.09 Å². The van der Waals surface area contributed by atoms with Gasteiger partial charge in [-0.05, 0) is 25.0 Å². The lowest BCUT2D eigenvalue weighted by atomic mass is 10.1. The van der Waals surface area contributed by atoms with Crippen LogP contribution < -0.4 is 4.74 Å². The highest BCUT2D eigenvalue weighted by molar-refractivity contribution is 5.67. The normalized spacial score (nSPS) is 19.4. The highest BCUT2D eigenvalue weighted by Gasteiger charge is 2.29. The zero-order chi connectivity index (χ0) is 12.8. The van der Waals surface area contributed by atoms with Crippen molar-refractivity contribution in [1.29, 1.82) is 0 Å². The monoisotopic (exact) mass is 251 g/mol. The molecule has 1 fully saturated rings. The second kappa shape index (κ2) is 6.26. The number of carbonyl (C=O) groups excluding carboxylic acids is 1. The Morgan fingerprint density at radius 1 is 1.33 bits per heavy atom. The minimum Gasteiger partial charge on any atom is -0.470 e. The summed E-state index contributed by atoms with van der Waals surface area (Å²) in [5, 5.41) is 8.63. The largest absolute Gasteiger partial charge is 0.470 e. The van der Waals surface area contributed by atoms with Crippen LogP contribution >= 0.6 is 0 Å². The third kappa shape index (κ3) is 3.13. The second-order valence-electron chi connectivity index (χ2n) is 4.11. The average Bonchev–Trinajstić information content (AvgIpc) is 2.41. The summed E-state index contributed by atoms with van der Waals surface area (Å²) in [5.74, 6) is 0.728. The van der Waals surface area contributed by atoms with E-state index in [2.05, 4.69) is 4.74 Å². The Balaban J connectivity index is 2.01. The lowest BCUT2D eigenvalue weighted by molar-refractivity contribution is -0.0315. The quantitative estimate of drug-likeness (QED) is 0.834. The van der Waals surface area contributed by atoms with E-state index < -0.39 is 12.9 Å². The van der Waals surface area contributed by atoms with Crippen molar-refractivity contribution < 1.29 is 19.4 Å². The van der Waals surface area contributed by atoms with Crippen molar-refractivity contribution in [3.05, 3.63) is 30.3 Å². The zero-order valence-corrected chi connectivity index (χ0v) is 10.1. The van der Waals surface area contributed by atoms with Gasteiger partial charge in [0.1, 0.15) is 5.75 Å². The number of aliphatic hydroxyl groups excluding tert-OH is 1. The minimum atomic E-state index is -0.604. The molecule has 0 aliphatic carbocycles. The second-order valence-corrected chi connectivity index (χ2v) is 4.11. The van der Waals surface area contributed by atoms with Gasteiger partial charge in [0.2, 0.25) is 0 Å². The molecule has 1 aromatic rings. The zero-order valence-electron chi connectivity index (χ0n) is 10.1. The fraction of sp³-hybridized carbons (Fsp3) is 0.462. The molecule has 0 saturated carbocycles. The molecule has 1 aromatic carbocycles. The smallest absolute Gasteiger partial charge is 0.414 e. The molecule has 0 aromatic heterocycles. The molecule has 5 heteroatoms. The summed E-state index contributed by atoms with van der Waals surface area (Å²) in [5.41, 5.74) is 0. The summed E-state index contributed by atoms with van der Waals surface area (Å²) in [7, 11) is 0. The van der Waals surface area contributed by atoms with E-state index in [0.717, 1.165) is 25.0 Å². The van der Waals surface area contributed by atoms with Crippen LogP contribution in [0.3, 0.4) is 0 Å². The van der Waals surface area contributed by atoms with Gasteiger partial charge in [-0.15, -0.1) is 0 Å². The maximum absolute atomic E-state index is 11.7. The topological polar surface area (TPSA) is 59.0 Å². The van der Waals surface area contributed by atoms with Gasteiger partial charge in [0.15, 0.2) is 13.0 Å². The number of amides is 1. The van der Waals surface area contributed by atoms with Crippen molar-refractivity contribution in [3.63, 3.8) is 0 Å². The van der Waals surface area contributed by atoms with E-state index >= 15 is 0 Å². The van der Waals surface area contributed by atoms with Crippen LogP contribution in [-0.2, 0) is 4.74 Å². The van der Waals surface area contributed by atoms with Crippen LogP contribution in [-0.4, -0.2) is 35.7 Å². The van der Waals surface area contributed by atoms with Gasteiger partial charge in [-0.2, -0.15) is 0 Å². The number of carbonyl (C=O) groups is 1. The van der Waals surface area contributed by atoms with Crippen molar-refractivity contribution in [2.75, 3.05) is 13.3 Å². The molecule has 1 heterocycles. The summed E-state index contributed by atoms with van der Waals surface area (Å²) in [4.78, 5) is 13.2. The predicted octanol–water partition coefficient (Wildman–Crippen LogP) is 1.96. The standard InChI is InChI=1S/C13H17NO4/c15-10-17-13(16)14-9-5-4-8-12(14)18-11-6-2-1-3-7-11/h1-3,6-7,12,15H,4-5,8-10H2. The van der Waals surface area contributed by atoms with Crippen molar-refractivity contribution in [2.24, 2.45) is 0 Å². The number of piperidine rings is 1. The third-order valence-electron chi connectivity index (χ3n) is 2.89. The molecule has 2 rings (SSSR count). The number of hydrogen-bond donors (Lipinski definition) is 1. The number of rotatable bonds is 3. The molecule has 0 spiro atoms. The number of likely N-dealkylation sites (tertiary alicyclic amines) is 1. The Hall–Kier alpha value is -1.75. The first-order valence-electron chi connectivity index (χ1n) is 6.07. The molecule has 18 heavy (non-hydrogen) atoms. The molecule has 1 unspecified atom stereocenters. The Labute approximate surface area is 106 Å². The average molecular weight is 251 g/mol. The van der Waals surface area contributed by atoms with E-state index in [1.165, 1.54) is 4.90 Å². The lowest BCUT2D eigenvalue weighted by Crippen LogP contribution is -2.47. The summed E-state index contributed by atoms with van der Waals surface area (Å²) in [6, 6.07) is 9.38. The van der Waals surface area contributed by atoms with E-state index in [1.54, 1.807) is 0 Å². The molecule has 1 amide bonds. The fourth-order valence-corrected chi connectivity index (χ4v) is 2.03. The van der Waals surface area contributed by atoms with Gasteiger partial charge in [-0.3, -0.25) is 4.90 Å². The highest BCUT2D eigenvalue weighted by atomic mass is 16.6. The third-order valence-corrected chi connectivity index (χ3v) is 2.89. The van der Waals surface area contributed by atoms with Gasteiger partial charge in [0.25, 0.3) is 0 Å². The van der Waals surface area contributed by atoms with Gasteiger partial charge in [-0.25, -0.2) is 4.79 Å². The van der Waals surface area contributed by atoms with E-state index in [4.69, 9.17) is 9.84 Å². The summed E-state index contributed by atoms with van der Waals surface area (Å²) < 4.78 is 10.4.